The van der Waals surface area contributed by atoms with Crippen molar-refractivity contribution in [2.24, 2.45) is 11.8 Å². The SMILES string of the molecule is CCC1CCC(NS(=O)(=O)c2cnn(CCCO)c2)C1C. The van der Waals surface area contributed by atoms with E-state index in [-0.39, 0.29) is 17.5 Å². The molecule has 0 aromatic carbocycles. The summed E-state index contributed by atoms with van der Waals surface area (Å²) in [7, 11) is -3.51. The van der Waals surface area contributed by atoms with Crippen LogP contribution in [0.2, 0.25) is 0 Å². The zero-order valence-corrected chi connectivity index (χ0v) is 13.5. The first kappa shape index (κ1) is 16.5. The second kappa shape index (κ2) is 6.89. The summed E-state index contributed by atoms with van der Waals surface area (Å²) < 4.78 is 29.2. The minimum Gasteiger partial charge on any atom is -0.396 e. The first-order valence-corrected chi connectivity index (χ1v) is 9.12. The standard InChI is InChI=1S/C14H25N3O3S/c1-3-12-5-6-14(11(12)2)16-21(19,20)13-9-15-17(10-13)7-4-8-18/h9-12,14,16,18H,3-8H2,1-2H3. The number of hydrogen-bond acceptors (Lipinski definition) is 4. The second-order valence-electron chi connectivity index (χ2n) is 5.85. The van der Waals surface area contributed by atoms with Gasteiger partial charge in [0.25, 0.3) is 0 Å². The van der Waals surface area contributed by atoms with Gasteiger partial charge in [0.1, 0.15) is 4.90 Å². The zero-order valence-electron chi connectivity index (χ0n) is 12.7. The van der Waals surface area contributed by atoms with Gasteiger partial charge in [0.15, 0.2) is 0 Å². The average molecular weight is 315 g/mol. The summed E-state index contributed by atoms with van der Waals surface area (Å²) in [5.41, 5.74) is 0. The number of aromatic nitrogens is 2. The van der Waals surface area contributed by atoms with Crippen LogP contribution in [0.15, 0.2) is 17.3 Å². The van der Waals surface area contributed by atoms with Crippen molar-refractivity contribution in [3.05, 3.63) is 12.4 Å². The zero-order chi connectivity index (χ0) is 15.5. The van der Waals surface area contributed by atoms with Crippen molar-refractivity contribution in [3.63, 3.8) is 0 Å². The molecule has 21 heavy (non-hydrogen) atoms. The van der Waals surface area contributed by atoms with Crippen molar-refractivity contribution < 1.29 is 13.5 Å². The van der Waals surface area contributed by atoms with Gasteiger partial charge in [-0.2, -0.15) is 5.10 Å². The van der Waals surface area contributed by atoms with E-state index < -0.39 is 10.0 Å². The third-order valence-electron chi connectivity index (χ3n) is 4.52. The molecule has 2 rings (SSSR count). The van der Waals surface area contributed by atoms with Crippen LogP contribution in [0, 0.1) is 11.8 Å². The predicted molar refractivity (Wildman–Crippen MR) is 80.2 cm³/mol. The van der Waals surface area contributed by atoms with E-state index in [1.807, 2.05) is 0 Å². The molecule has 0 radical (unpaired) electrons. The number of nitrogens with zero attached hydrogens (tertiary/aromatic N) is 2. The lowest BCUT2D eigenvalue weighted by molar-refractivity contribution is 0.277. The van der Waals surface area contributed by atoms with Gasteiger partial charge in [-0.1, -0.05) is 20.3 Å². The van der Waals surface area contributed by atoms with Gasteiger partial charge in [-0.15, -0.1) is 0 Å². The van der Waals surface area contributed by atoms with Gasteiger partial charge in [0.2, 0.25) is 10.0 Å². The Morgan fingerprint density at radius 3 is 2.86 bits per heavy atom. The molecule has 2 N–H and O–H groups in total. The van der Waals surface area contributed by atoms with Crippen LogP contribution < -0.4 is 4.72 Å². The van der Waals surface area contributed by atoms with E-state index in [1.54, 1.807) is 4.68 Å². The lowest BCUT2D eigenvalue weighted by Gasteiger charge is -2.20. The van der Waals surface area contributed by atoms with Crippen LogP contribution in [-0.2, 0) is 16.6 Å². The summed E-state index contributed by atoms with van der Waals surface area (Å²) >= 11 is 0. The Morgan fingerprint density at radius 1 is 1.48 bits per heavy atom. The summed E-state index contributed by atoms with van der Waals surface area (Å²) in [6.07, 6.45) is 6.54. The van der Waals surface area contributed by atoms with Crippen LogP contribution in [0.5, 0.6) is 0 Å². The van der Waals surface area contributed by atoms with Crippen LogP contribution in [0.3, 0.4) is 0 Å². The highest BCUT2D eigenvalue weighted by Crippen LogP contribution is 2.34. The molecule has 3 unspecified atom stereocenters. The second-order valence-corrected chi connectivity index (χ2v) is 7.56. The molecule has 7 heteroatoms. The molecule has 0 bridgehead atoms. The van der Waals surface area contributed by atoms with Crippen LogP contribution in [0.25, 0.3) is 0 Å². The van der Waals surface area contributed by atoms with Gasteiger partial charge < -0.3 is 5.11 Å². The molecular formula is C14H25N3O3S. The highest BCUT2D eigenvalue weighted by Gasteiger charge is 2.34. The number of nitrogens with one attached hydrogen (secondary N) is 1. The summed E-state index contributed by atoms with van der Waals surface area (Å²) in [4.78, 5) is 0.201. The van der Waals surface area contributed by atoms with Gasteiger partial charge in [0, 0.05) is 25.4 Å². The lowest BCUT2D eigenvalue weighted by Crippen LogP contribution is -2.37. The maximum absolute atomic E-state index is 12.4. The molecule has 1 aliphatic carbocycles. The fraction of sp³-hybridized carbons (Fsp3) is 0.786. The molecule has 0 saturated heterocycles. The number of aryl methyl sites for hydroxylation is 1. The molecule has 3 atom stereocenters. The minimum absolute atomic E-state index is 0.0146. The smallest absolute Gasteiger partial charge is 0.243 e. The van der Waals surface area contributed by atoms with Gasteiger partial charge in [-0.3, -0.25) is 4.68 Å². The quantitative estimate of drug-likeness (QED) is 0.796. The lowest BCUT2D eigenvalue weighted by atomic mass is 9.94. The molecular weight excluding hydrogens is 290 g/mol. The molecule has 1 fully saturated rings. The van der Waals surface area contributed by atoms with E-state index in [0.29, 0.717) is 24.8 Å². The molecule has 1 aliphatic rings. The normalized spacial score (nSPS) is 26.3. The topological polar surface area (TPSA) is 84.2 Å². The number of aliphatic hydroxyl groups excluding tert-OH is 1. The average Bonchev–Trinajstić information content (AvgIpc) is 3.05. The van der Waals surface area contributed by atoms with Crippen molar-refractivity contribution in [1.82, 2.24) is 14.5 Å². The monoisotopic (exact) mass is 315 g/mol. The number of sulfonamides is 1. The minimum atomic E-state index is -3.51. The van der Waals surface area contributed by atoms with Crippen LogP contribution in [0.1, 0.15) is 39.5 Å². The molecule has 1 saturated carbocycles. The largest absolute Gasteiger partial charge is 0.396 e. The van der Waals surface area contributed by atoms with Gasteiger partial charge >= 0.3 is 0 Å². The van der Waals surface area contributed by atoms with Gasteiger partial charge in [-0.05, 0) is 31.1 Å². The number of rotatable bonds is 7. The first-order chi connectivity index (χ1) is 9.97. The van der Waals surface area contributed by atoms with Crippen LogP contribution in [-0.4, -0.2) is 36.0 Å². The highest BCUT2D eigenvalue weighted by atomic mass is 32.2. The Labute approximate surface area is 126 Å². The first-order valence-electron chi connectivity index (χ1n) is 7.63. The van der Waals surface area contributed by atoms with Crippen molar-refractivity contribution in [2.75, 3.05) is 6.61 Å². The van der Waals surface area contributed by atoms with Crippen molar-refractivity contribution in [2.45, 2.75) is 57.0 Å². The highest BCUT2D eigenvalue weighted by molar-refractivity contribution is 7.89. The van der Waals surface area contributed by atoms with E-state index >= 15 is 0 Å². The number of hydrogen-bond donors (Lipinski definition) is 2. The maximum atomic E-state index is 12.4. The number of aliphatic hydroxyl groups is 1. The Morgan fingerprint density at radius 2 is 2.24 bits per heavy atom. The molecule has 1 aromatic heterocycles. The fourth-order valence-corrected chi connectivity index (χ4v) is 4.41. The molecule has 120 valence electrons. The van der Waals surface area contributed by atoms with E-state index in [1.165, 1.54) is 12.4 Å². The molecule has 1 aromatic rings. The summed E-state index contributed by atoms with van der Waals surface area (Å²) in [5.74, 6) is 0.971. The van der Waals surface area contributed by atoms with Gasteiger partial charge in [-0.25, -0.2) is 13.1 Å². The van der Waals surface area contributed by atoms with Crippen LogP contribution >= 0.6 is 0 Å². The predicted octanol–water partition coefficient (Wildman–Crippen LogP) is 1.37. The molecule has 0 aliphatic heterocycles. The third kappa shape index (κ3) is 3.84. The van der Waals surface area contributed by atoms with Crippen molar-refractivity contribution in [3.8, 4) is 0 Å². The van der Waals surface area contributed by atoms with Crippen LogP contribution in [0.4, 0.5) is 0 Å². The van der Waals surface area contributed by atoms with Gasteiger partial charge in [0.05, 0.1) is 6.20 Å². The summed E-state index contributed by atoms with van der Waals surface area (Å²) in [6.45, 7) is 4.87. The van der Waals surface area contributed by atoms with E-state index in [2.05, 4.69) is 23.7 Å². The van der Waals surface area contributed by atoms with E-state index in [9.17, 15) is 8.42 Å². The fourth-order valence-electron chi connectivity index (χ4n) is 3.10. The molecule has 0 spiro atoms. The summed E-state index contributed by atoms with van der Waals surface area (Å²) in [6, 6.07) is 0.0146. The molecule has 6 nitrogen and oxygen atoms in total. The Balaban J connectivity index is 2.03. The maximum Gasteiger partial charge on any atom is 0.243 e. The summed E-state index contributed by atoms with van der Waals surface area (Å²) in [5, 5.41) is 12.8. The third-order valence-corrected chi connectivity index (χ3v) is 5.97. The van der Waals surface area contributed by atoms with Crippen molar-refractivity contribution >= 4 is 10.0 Å². The molecule has 0 amide bonds. The Kier molecular flexibility index (Phi) is 5.40. The van der Waals surface area contributed by atoms with Crippen molar-refractivity contribution in [1.29, 1.82) is 0 Å². The van der Waals surface area contributed by atoms with E-state index in [0.717, 1.165) is 19.3 Å². The van der Waals surface area contributed by atoms with E-state index in [4.69, 9.17) is 5.11 Å². The molecule has 1 heterocycles. The Bertz CT molecular complexity index is 556. The Hall–Kier alpha value is -0.920.